The largest absolute Gasteiger partial charge is 0.478 e. The summed E-state index contributed by atoms with van der Waals surface area (Å²) < 4.78 is 5.48. The minimum atomic E-state index is -1.15. The highest BCUT2D eigenvalue weighted by Gasteiger charge is 2.23. The van der Waals surface area contributed by atoms with Gasteiger partial charge < -0.3 is 14.7 Å². The fourth-order valence-electron chi connectivity index (χ4n) is 1.82. The molecule has 6 heteroatoms. The molecule has 0 heterocycles. The predicted octanol–water partition coefficient (Wildman–Crippen LogP) is 2.67. The van der Waals surface area contributed by atoms with Gasteiger partial charge in [-0.3, -0.25) is 4.79 Å². The second-order valence-electron chi connectivity index (χ2n) is 4.19. The molecule has 0 bridgehead atoms. The Kier molecular flexibility index (Phi) is 5.82. The summed E-state index contributed by atoms with van der Waals surface area (Å²) in [7, 11) is 0. The molecule has 0 aliphatic carbocycles. The van der Waals surface area contributed by atoms with Gasteiger partial charge in [-0.25, -0.2) is 4.79 Å². The molecule has 0 saturated heterocycles. The van der Waals surface area contributed by atoms with Crippen molar-refractivity contribution < 1.29 is 19.4 Å². The first-order chi connectivity index (χ1) is 9.42. The molecular formula is C14H18ClNO4. The number of benzene rings is 1. The van der Waals surface area contributed by atoms with Gasteiger partial charge in [0.05, 0.1) is 5.02 Å². The predicted molar refractivity (Wildman–Crippen MR) is 76.4 cm³/mol. The number of para-hydroxylation sites is 1. The first kappa shape index (κ1) is 16.3. The smallest absolute Gasteiger partial charge is 0.339 e. The summed E-state index contributed by atoms with van der Waals surface area (Å²) in [5, 5.41) is 9.28. The van der Waals surface area contributed by atoms with Crippen LogP contribution in [0.4, 0.5) is 0 Å². The molecule has 0 aliphatic rings. The number of halogens is 1. The van der Waals surface area contributed by atoms with Crippen LogP contribution in [-0.2, 0) is 4.79 Å². The SMILES string of the molecule is CCN(CC)C(=O)C(C)Oc1c(Cl)cccc1C(=O)O. The zero-order valence-electron chi connectivity index (χ0n) is 11.7. The van der Waals surface area contributed by atoms with Crippen molar-refractivity contribution in [1.29, 1.82) is 0 Å². The highest BCUT2D eigenvalue weighted by molar-refractivity contribution is 6.32. The van der Waals surface area contributed by atoms with Crippen LogP contribution < -0.4 is 4.74 Å². The number of ether oxygens (including phenoxy) is 1. The highest BCUT2D eigenvalue weighted by Crippen LogP contribution is 2.29. The Hall–Kier alpha value is -1.75. The van der Waals surface area contributed by atoms with Gasteiger partial charge in [-0.1, -0.05) is 17.7 Å². The molecule has 0 fully saturated rings. The number of carbonyl (C=O) groups excluding carboxylic acids is 1. The molecule has 0 saturated carbocycles. The van der Waals surface area contributed by atoms with E-state index in [1.807, 2.05) is 13.8 Å². The Morgan fingerprint density at radius 2 is 1.95 bits per heavy atom. The quantitative estimate of drug-likeness (QED) is 0.877. The fourth-order valence-corrected chi connectivity index (χ4v) is 2.04. The number of likely N-dealkylation sites (N-methyl/N-ethyl adjacent to an activating group) is 1. The average Bonchev–Trinajstić information content (AvgIpc) is 2.41. The molecule has 0 aromatic heterocycles. The molecule has 1 aromatic rings. The third kappa shape index (κ3) is 3.63. The Balaban J connectivity index is 2.98. The fraction of sp³-hybridized carbons (Fsp3) is 0.429. The molecular weight excluding hydrogens is 282 g/mol. The van der Waals surface area contributed by atoms with E-state index >= 15 is 0 Å². The number of hydrogen-bond donors (Lipinski definition) is 1. The number of nitrogens with zero attached hydrogens (tertiary/aromatic N) is 1. The number of amides is 1. The molecule has 1 atom stereocenters. The van der Waals surface area contributed by atoms with Crippen molar-refractivity contribution >= 4 is 23.5 Å². The molecule has 1 rings (SSSR count). The van der Waals surface area contributed by atoms with Crippen molar-refractivity contribution in [2.24, 2.45) is 0 Å². The minimum Gasteiger partial charge on any atom is -0.478 e. The number of carboxylic acid groups (broad SMARTS) is 1. The van der Waals surface area contributed by atoms with Crippen molar-refractivity contribution in [3.05, 3.63) is 28.8 Å². The Morgan fingerprint density at radius 1 is 1.35 bits per heavy atom. The third-order valence-corrected chi connectivity index (χ3v) is 3.21. The molecule has 0 spiro atoms. The molecule has 5 nitrogen and oxygen atoms in total. The van der Waals surface area contributed by atoms with E-state index in [0.29, 0.717) is 13.1 Å². The summed E-state index contributed by atoms with van der Waals surface area (Å²) in [5.74, 6) is -1.33. The summed E-state index contributed by atoms with van der Waals surface area (Å²) in [6.07, 6.45) is -0.798. The van der Waals surface area contributed by atoms with Crippen molar-refractivity contribution in [3.63, 3.8) is 0 Å². The van der Waals surface area contributed by atoms with Crippen LogP contribution in [0.2, 0.25) is 5.02 Å². The molecule has 0 radical (unpaired) electrons. The van der Waals surface area contributed by atoms with E-state index in [-0.39, 0.29) is 22.2 Å². The molecule has 1 amide bonds. The second kappa shape index (κ2) is 7.14. The van der Waals surface area contributed by atoms with Crippen LogP contribution in [0.1, 0.15) is 31.1 Å². The van der Waals surface area contributed by atoms with Gasteiger partial charge in [0.2, 0.25) is 0 Å². The first-order valence-electron chi connectivity index (χ1n) is 6.39. The molecule has 20 heavy (non-hydrogen) atoms. The van der Waals surface area contributed by atoms with Crippen LogP contribution in [0, 0.1) is 0 Å². The molecule has 1 unspecified atom stereocenters. The highest BCUT2D eigenvalue weighted by atomic mass is 35.5. The van der Waals surface area contributed by atoms with Gasteiger partial charge in [0.25, 0.3) is 5.91 Å². The first-order valence-corrected chi connectivity index (χ1v) is 6.77. The second-order valence-corrected chi connectivity index (χ2v) is 4.60. The van der Waals surface area contributed by atoms with Gasteiger partial charge in [-0.15, -0.1) is 0 Å². The van der Waals surface area contributed by atoms with E-state index < -0.39 is 12.1 Å². The maximum atomic E-state index is 12.1. The van der Waals surface area contributed by atoms with Crippen molar-refractivity contribution in [2.45, 2.75) is 26.9 Å². The zero-order valence-corrected chi connectivity index (χ0v) is 12.5. The Bertz CT molecular complexity index is 500. The van der Waals surface area contributed by atoms with Gasteiger partial charge in [-0.2, -0.15) is 0 Å². The van der Waals surface area contributed by atoms with Crippen molar-refractivity contribution in [3.8, 4) is 5.75 Å². The number of aromatic carboxylic acids is 1. The van der Waals surface area contributed by atoms with Crippen LogP contribution in [0.5, 0.6) is 5.75 Å². The van der Waals surface area contributed by atoms with Crippen molar-refractivity contribution in [2.75, 3.05) is 13.1 Å². The number of rotatable bonds is 6. The molecule has 0 aliphatic heterocycles. The van der Waals surface area contributed by atoms with Gasteiger partial charge in [0.1, 0.15) is 5.56 Å². The number of carboxylic acids is 1. The summed E-state index contributed by atoms with van der Waals surface area (Å²) in [6.45, 7) is 6.45. The van der Waals surface area contributed by atoms with Crippen LogP contribution in [0.15, 0.2) is 18.2 Å². The average molecular weight is 300 g/mol. The monoisotopic (exact) mass is 299 g/mol. The normalized spacial score (nSPS) is 11.8. The van der Waals surface area contributed by atoms with E-state index in [1.165, 1.54) is 18.2 Å². The van der Waals surface area contributed by atoms with E-state index in [2.05, 4.69) is 0 Å². The van der Waals surface area contributed by atoms with Gasteiger partial charge in [0, 0.05) is 13.1 Å². The van der Waals surface area contributed by atoms with Crippen LogP contribution >= 0.6 is 11.6 Å². The number of hydrogen-bond acceptors (Lipinski definition) is 3. The van der Waals surface area contributed by atoms with Crippen LogP contribution in [0.3, 0.4) is 0 Å². The van der Waals surface area contributed by atoms with Gasteiger partial charge in [-0.05, 0) is 32.9 Å². The summed E-state index contributed by atoms with van der Waals surface area (Å²) in [4.78, 5) is 24.9. The standard InChI is InChI=1S/C14H18ClNO4/c1-4-16(5-2)13(17)9(3)20-12-10(14(18)19)7-6-8-11(12)15/h6-9H,4-5H2,1-3H3,(H,18,19). The summed E-state index contributed by atoms with van der Waals surface area (Å²) in [5.41, 5.74) is -0.0586. The number of carbonyl (C=O) groups is 2. The van der Waals surface area contributed by atoms with Crippen molar-refractivity contribution in [1.82, 2.24) is 4.90 Å². The molecule has 110 valence electrons. The topological polar surface area (TPSA) is 66.8 Å². The lowest BCUT2D eigenvalue weighted by atomic mass is 10.2. The van der Waals surface area contributed by atoms with E-state index in [9.17, 15) is 9.59 Å². The molecule has 1 aromatic carbocycles. The lowest BCUT2D eigenvalue weighted by Gasteiger charge is -2.24. The van der Waals surface area contributed by atoms with E-state index in [4.69, 9.17) is 21.4 Å². The van der Waals surface area contributed by atoms with Crippen LogP contribution in [-0.4, -0.2) is 41.1 Å². The lowest BCUT2D eigenvalue weighted by Crippen LogP contribution is -2.40. The summed E-state index contributed by atoms with van der Waals surface area (Å²) >= 11 is 5.96. The maximum absolute atomic E-state index is 12.1. The third-order valence-electron chi connectivity index (χ3n) is 2.91. The van der Waals surface area contributed by atoms with Crippen LogP contribution in [0.25, 0.3) is 0 Å². The lowest BCUT2D eigenvalue weighted by molar-refractivity contribution is -0.137. The van der Waals surface area contributed by atoms with Gasteiger partial charge in [0.15, 0.2) is 11.9 Å². The Morgan fingerprint density at radius 3 is 2.45 bits per heavy atom. The maximum Gasteiger partial charge on any atom is 0.339 e. The minimum absolute atomic E-state index is 0.0228. The zero-order chi connectivity index (χ0) is 15.3. The van der Waals surface area contributed by atoms with Gasteiger partial charge >= 0.3 is 5.97 Å². The Labute approximate surface area is 123 Å². The van der Waals surface area contributed by atoms with E-state index in [1.54, 1.807) is 11.8 Å². The molecule has 1 N–H and O–H groups in total. The summed E-state index contributed by atoms with van der Waals surface area (Å²) in [6, 6.07) is 4.44. The van der Waals surface area contributed by atoms with E-state index in [0.717, 1.165) is 0 Å².